The summed E-state index contributed by atoms with van der Waals surface area (Å²) < 4.78 is 57.2. The van der Waals surface area contributed by atoms with Crippen molar-refractivity contribution in [2.75, 3.05) is 19.8 Å². The van der Waals surface area contributed by atoms with Gasteiger partial charge in [-0.15, -0.1) is 0 Å². The first-order valence-corrected chi connectivity index (χ1v) is 8.86. The molecule has 8 nitrogen and oxygen atoms in total. The molecule has 1 unspecified atom stereocenters. The largest absolute Gasteiger partial charge is 0.490 e. The van der Waals surface area contributed by atoms with Gasteiger partial charge >= 0.3 is 12.1 Å². The third kappa shape index (κ3) is 3.36. The molecule has 0 aromatic carbocycles. The number of rotatable bonds is 3. The van der Waals surface area contributed by atoms with Gasteiger partial charge < -0.3 is 19.2 Å². The Bertz CT molecular complexity index is 1100. The molecule has 0 bridgehead atoms. The summed E-state index contributed by atoms with van der Waals surface area (Å²) in [5.41, 5.74) is -3.81. The van der Waals surface area contributed by atoms with Gasteiger partial charge in [0.15, 0.2) is 11.5 Å². The van der Waals surface area contributed by atoms with Crippen LogP contribution in [0.2, 0.25) is 0 Å². The standard InChI is InChI=1S/C18H16F3N3O5/c1-2-27-17(26)14-13(18(19,20)21)15-16(25)22-10(8-24(15)23-14)9-3-4-11-12(7-9)29-6-5-28-11/h3-4,8-9H,2,5-7H2,1H3,(H,22,25). The Morgan fingerprint density at radius 3 is 2.86 bits per heavy atom. The quantitative estimate of drug-likeness (QED) is 0.780. The lowest BCUT2D eigenvalue weighted by Gasteiger charge is -2.26. The Labute approximate surface area is 161 Å². The minimum atomic E-state index is -4.96. The van der Waals surface area contributed by atoms with Crippen molar-refractivity contribution in [2.45, 2.75) is 25.4 Å². The molecule has 1 aliphatic heterocycles. The van der Waals surface area contributed by atoms with Gasteiger partial charge in [0.2, 0.25) is 0 Å². The van der Waals surface area contributed by atoms with Crippen molar-refractivity contribution in [3.63, 3.8) is 0 Å². The zero-order valence-electron chi connectivity index (χ0n) is 15.2. The van der Waals surface area contributed by atoms with Crippen LogP contribution in [0, 0.1) is 0 Å². The number of aromatic amines is 1. The number of allylic oxidation sites excluding steroid dienone is 3. The molecule has 1 aliphatic carbocycles. The summed E-state index contributed by atoms with van der Waals surface area (Å²) in [4.78, 5) is 27.0. The predicted octanol–water partition coefficient (Wildman–Crippen LogP) is 2.52. The van der Waals surface area contributed by atoms with E-state index < -0.39 is 34.5 Å². The van der Waals surface area contributed by atoms with E-state index in [-0.39, 0.29) is 12.5 Å². The molecule has 2 aliphatic rings. The zero-order chi connectivity index (χ0) is 20.8. The zero-order valence-corrected chi connectivity index (χ0v) is 15.2. The van der Waals surface area contributed by atoms with Gasteiger partial charge in [-0.2, -0.15) is 18.3 Å². The minimum absolute atomic E-state index is 0.127. The SMILES string of the molecule is CCOC(=O)c1nn2cc(C3C=CC4=C(C3)OCCO4)[nH]c(=O)c2c1C(F)(F)F. The number of nitrogens with one attached hydrogen (secondary N) is 1. The lowest BCUT2D eigenvalue weighted by atomic mass is 9.95. The van der Waals surface area contributed by atoms with E-state index in [9.17, 15) is 22.8 Å². The number of ether oxygens (including phenoxy) is 3. The van der Waals surface area contributed by atoms with Gasteiger partial charge in [0.25, 0.3) is 5.56 Å². The van der Waals surface area contributed by atoms with Gasteiger partial charge in [-0.3, -0.25) is 4.79 Å². The second-order valence-corrected chi connectivity index (χ2v) is 6.43. The van der Waals surface area contributed by atoms with Crippen molar-refractivity contribution in [1.29, 1.82) is 0 Å². The van der Waals surface area contributed by atoms with Crippen molar-refractivity contribution in [3.05, 3.63) is 57.2 Å². The van der Waals surface area contributed by atoms with Crippen molar-refractivity contribution < 1.29 is 32.2 Å². The molecule has 0 saturated carbocycles. The third-order valence-electron chi connectivity index (χ3n) is 4.57. The number of esters is 1. The molecule has 0 amide bonds. The topological polar surface area (TPSA) is 94.9 Å². The fourth-order valence-corrected chi connectivity index (χ4v) is 3.35. The lowest BCUT2D eigenvalue weighted by molar-refractivity contribution is -0.136. The third-order valence-corrected chi connectivity index (χ3v) is 4.57. The molecule has 154 valence electrons. The molecule has 2 aromatic rings. The van der Waals surface area contributed by atoms with Crippen LogP contribution >= 0.6 is 0 Å². The fraction of sp³-hybridized carbons (Fsp3) is 0.389. The molecule has 29 heavy (non-hydrogen) atoms. The number of carbonyl (C=O) groups is 1. The molecule has 11 heteroatoms. The number of hydrogen-bond donors (Lipinski definition) is 1. The summed E-state index contributed by atoms with van der Waals surface area (Å²) >= 11 is 0. The number of carbonyl (C=O) groups excluding carboxylic acids is 1. The van der Waals surface area contributed by atoms with Crippen LogP contribution in [0.3, 0.4) is 0 Å². The fourth-order valence-electron chi connectivity index (χ4n) is 3.35. The highest BCUT2D eigenvalue weighted by molar-refractivity contribution is 5.91. The van der Waals surface area contributed by atoms with Crippen molar-refractivity contribution >= 4 is 11.5 Å². The number of halogens is 3. The Hall–Kier alpha value is -3.24. The summed E-state index contributed by atoms with van der Waals surface area (Å²) in [6.45, 7) is 2.16. The first kappa shape index (κ1) is 19.1. The van der Waals surface area contributed by atoms with E-state index in [4.69, 9.17) is 9.47 Å². The van der Waals surface area contributed by atoms with Gasteiger partial charge in [-0.1, -0.05) is 6.08 Å². The molecule has 0 radical (unpaired) electrons. The monoisotopic (exact) mass is 411 g/mol. The number of nitrogens with zero attached hydrogens (tertiary/aromatic N) is 2. The van der Waals surface area contributed by atoms with E-state index in [1.807, 2.05) is 0 Å². The van der Waals surface area contributed by atoms with E-state index in [0.717, 1.165) is 4.52 Å². The number of alkyl halides is 3. The number of hydrogen-bond acceptors (Lipinski definition) is 6. The van der Waals surface area contributed by atoms with Gasteiger partial charge in [0.05, 0.1) is 6.61 Å². The van der Waals surface area contributed by atoms with Gasteiger partial charge in [-0.05, 0) is 13.0 Å². The maximum absolute atomic E-state index is 13.6. The van der Waals surface area contributed by atoms with Gasteiger partial charge in [0.1, 0.15) is 30.1 Å². The molecule has 0 fully saturated rings. The van der Waals surface area contributed by atoms with E-state index >= 15 is 0 Å². The smallest absolute Gasteiger partial charge is 0.421 e. The number of aromatic nitrogens is 3. The Balaban J connectivity index is 1.80. The molecule has 3 heterocycles. The first-order chi connectivity index (χ1) is 13.8. The molecule has 4 rings (SSSR count). The molecular weight excluding hydrogens is 395 g/mol. The average Bonchev–Trinajstić information content (AvgIpc) is 3.08. The highest BCUT2D eigenvalue weighted by Gasteiger charge is 2.42. The van der Waals surface area contributed by atoms with Crippen molar-refractivity contribution in [1.82, 2.24) is 14.6 Å². The summed E-state index contributed by atoms with van der Waals surface area (Å²) in [7, 11) is 0. The molecule has 2 aromatic heterocycles. The molecule has 1 atom stereocenters. The second-order valence-electron chi connectivity index (χ2n) is 6.43. The first-order valence-electron chi connectivity index (χ1n) is 8.86. The average molecular weight is 411 g/mol. The van der Waals surface area contributed by atoms with Crippen LogP contribution in [-0.4, -0.2) is 40.4 Å². The Morgan fingerprint density at radius 2 is 2.14 bits per heavy atom. The van der Waals surface area contributed by atoms with E-state index in [0.29, 0.717) is 36.8 Å². The normalized spacial score (nSPS) is 19.0. The van der Waals surface area contributed by atoms with Crippen LogP contribution in [0.25, 0.3) is 5.52 Å². The summed E-state index contributed by atoms with van der Waals surface area (Å²) in [5.74, 6) is -0.408. The molecule has 0 saturated heterocycles. The van der Waals surface area contributed by atoms with E-state index in [1.54, 1.807) is 12.2 Å². The lowest BCUT2D eigenvalue weighted by Crippen LogP contribution is -2.21. The van der Waals surface area contributed by atoms with Gasteiger partial charge in [-0.25, -0.2) is 9.31 Å². The predicted molar refractivity (Wildman–Crippen MR) is 92.2 cm³/mol. The van der Waals surface area contributed by atoms with Crippen LogP contribution in [0.1, 0.15) is 41.0 Å². The summed E-state index contributed by atoms with van der Waals surface area (Å²) in [6, 6.07) is 0. The van der Waals surface area contributed by atoms with Crippen LogP contribution in [-0.2, 0) is 20.4 Å². The second kappa shape index (κ2) is 6.98. The maximum Gasteiger partial charge on any atom is 0.421 e. The number of fused-ring (bicyclic) bond motifs is 1. The number of H-pyrrole nitrogens is 1. The molecule has 0 spiro atoms. The van der Waals surface area contributed by atoms with E-state index in [2.05, 4.69) is 14.8 Å². The van der Waals surface area contributed by atoms with E-state index in [1.165, 1.54) is 13.1 Å². The van der Waals surface area contributed by atoms with Crippen molar-refractivity contribution in [3.8, 4) is 0 Å². The summed E-state index contributed by atoms with van der Waals surface area (Å²) in [6.07, 6.45) is 0.116. The molecular formula is C18H16F3N3O5. The van der Waals surface area contributed by atoms with Crippen molar-refractivity contribution in [2.24, 2.45) is 0 Å². The Kier molecular flexibility index (Phi) is 4.59. The van der Waals surface area contributed by atoms with Crippen LogP contribution in [0.5, 0.6) is 0 Å². The summed E-state index contributed by atoms with van der Waals surface area (Å²) in [5, 5.41) is 3.71. The minimum Gasteiger partial charge on any atom is -0.490 e. The van der Waals surface area contributed by atoms with Crippen LogP contribution in [0.15, 0.2) is 34.7 Å². The van der Waals surface area contributed by atoms with Gasteiger partial charge in [0, 0.05) is 24.2 Å². The van der Waals surface area contributed by atoms with Crippen LogP contribution in [0.4, 0.5) is 13.2 Å². The Morgan fingerprint density at radius 1 is 1.38 bits per heavy atom. The molecule has 1 N–H and O–H groups in total. The van der Waals surface area contributed by atoms with Crippen LogP contribution < -0.4 is 5.56 Å². The highest BCUT2D eigenvalue weighted by Crippen LogP contribution is 2.36. The highest BCUT2D eigenvalue weighted by atomic mass is 19.4. The maximum atomic E-state index is 13.6.